The summed E-state index contributed by atoms with van der Waals surface area (Å²) in [4.78, 5) is 11.9. The van der Waals surface area contributed by atoms with Crippen molar-refractivity contribution in [2.24, 2.45) is 0 Å². The highest BCUT2D eigenvalue weighted by molar-refractivity contribution is 9.10. The molecule has 1 amide bonds. The number of carbonyl (C=O) groups excluding carboxylic acids is 1. The Hall–Kier alpha value is -2.05. The number of carbonyl (C=O) groups is 1. The van der Waals surface area contributed by atoms with Gasteiger partial charge < -0.3 is 19.9 Å². The highest BCUT2D eigenvalue weighted by Crippen LogP contribution is 2.23. The van der Waals surface area contributed by atoms with Gasteiger partial charge in [0.15, 0.2) is 6.61 Å². The predicted molar refractivity (Wildman–Crippen MR) is 91.8 cm³/mol. The average Bonchev–Trinajstić information content (AvgIpc) is 2.55. The van der Waals surface area contributed by atoms with Crippen molar-refractivity contribution < 1.29 is 19.4 Å². The maximum atomic E-state index is 11.9. The van der Waals surface area contributed by atoms with Gasteiger partial charge in [-0.3, -0.25) is 4.79 Å². The molecule has 0 unspecified atom stereocenters. The second-order valence-corrected chi connectivity index (χ2v) is 5.62. The second-order valence-electron chi connectivity index (χ2n) is 4.70. The van der Waals surface area contributed by atoms with Crippen LogP contribution in [0.15, 0.2) is 46.9 Å². The van der Waals surface area contributed by atoms with Crippen molar-refractivity contribution in [3.63, 3.8) is 0 Å². The fourth-order valence-corrected chi connectivity index (χ4v) is 2.36. The topological polar surface area (TPSA) is 67.8 Å². The zero-order chi connectivity index (χ0) is 16.7. The van der Waals surface area contributed by atoms with Crippen molar-refractivity contribution in [3.8, 4) is 11.5 Å². The van der Waals surface area contributed by atoms with Crippen LogP contribution in [0.3, 0.4) is 0 Å². The van der Waals surface area contributed by atoms with Crippen molar-refractivity contribution in [3.05, 3.63) is 52.5 Å². The number of hydrogen-bond acceptors (Lipinski definition) is 4. The maximum Gasteiger partial charge on any atom is 0.262 e. The van der Waals surface area contributed by atoms with Gasteiger partial charge in [0.05, 0.1) is 13.2 Å². The SMILES string of the molecule is CCOc1ccc(NC(=O)COc2ccc(Br)cc2CO)cc1. The molecule has 0 bridgehead atoms. The van der Waals surface area contributed by atoms with Crippen LogP contribution in [0.4, 0.5) is 5.69 Å². The number of aliphatic hydroxyl groups excluding tert-OH is 1. The first-order valence-corrected chi connectivity index (χ1v) is 7.96. The van der Waals surface area contributed by atoms with E-state index in [4.69, 9.17) is 9.47 Å². The summed E-state index contributed by atoms with van der Waals surface area (Å²) < 4.78 is 11.6. The van der Waals surface area contributed by atoms with Gasteiger partial charge in [0.1, 0.15) is 11.5 Å². The molecule has 5 nitrogen and oxygen atoms in total. The molecule has 0 spiro atoms. The van der Waals surface area contributed by atoms with Crippen molar-refractivity contribution in [1.29, 1.82) is 0 Å². The van der Waals surface area contributed by atoms with Crippen LogP contribution in [0, 0.1) is 0 Å². The molecule has 0 fully saturated rings. The van der Waals surface area contributed by atoms with Crippen molar-refractivity contribution in [1.82, 2.24) is 0 Å². The van der Waals surface area contributed by atoms with Gasteiger partial charge in [-0.2, -0.15) is 0 Å². The molecule has 0 aliphatic carbocycles. The predicted octanol–water partition coefficient (Wildman–Crippen LogP) is 3.36. The smallest absolute Gasteiger partial charge is 0.262 e. The fraction of sp³-hybridized carbons (Fsp3) is 0.235. The highest BCUT2D eigenvalue weighted by atomic mass is 79.9. The molecule has 0 heterocycles. The first-order valence-electron chi connectivity index (χ1n) is 7.17. The molecule has 122 valence electrons. The number of nitrogens with one attached hydrogen (secondary N) is 1. The van der Waals surface area contributed by atoms with E-state index in [9.17, 15) is 9.90 Å². The Balaban J connectivity index is 1.90. The van der Waals surface area contributed by atoms with Gasteiger partial charge in [0, 0.05) is 15.7 Å². The largest absolute Gasteiger partial charge is 0.494 e. The normalized spacial score (nSPS) is 10.2. The third kappa shape index (κ3) is 5.26. The molecule has 2 rings (SSSR count). The van der Waals surface area contributed by atoms with Crippen molar-refractivity contribution in [2.45, 2.75) is 13.5 Å². The van der Waals surface area contributed by atoms with E-state index in [1.54, 1.807) is 42.5 Å². The number of benzene rings is 2. The molecule has 0 saturated heterocycles. The first kappa shape index (κ1) is 17.3. The summed E-state index contributed by atoms with van der Waals surface area (Å²) in [6.07, 6.45) is 0. The summed E-state index contributed by atoms with van der Waals surface area (Å²) in [5.74, 6) is 0.961. The van der Waals surface area contributed by atoms with E-state index in [0.29, 0.717) is 23.6 Å². The summed E-state index contributed by atoms with van der Waals surface area (Å²) >= 11 is 3.32. The number of hydrogen-bond donors (Lipinski definition) is 2. The molecule has 0 saturated carbocycles. The number of ether oxygens (including phenoxy) is 2. The van der Waals surface area contributed by atoms with Gasteiger partial charge in [-0.15, -0.1) is 0 Å². The number of anilines is 1. The molecule has 0 aromatic heterocycles. The van der Waals surface area contributed by atoms with Crippen molar-refractivity contribution in [2.75, 3.05) is 18.5 Å². The average molecular weight is 380 g/mol. The molecule has 0 aliphatic heterocycles. The second kappa shape index (κ2) is 8.55. The van der Waals surface area contributed by atoms with Gasteiger partial charge in [-0.25, -0.2) is 0 Å². The van der Waals surface area contributed by atoms with E-state index in [2.05, 4.69) is 21.2 Å². The van der Waals surface area contributed by atoms with Crippen molar-refractivity contribution >= 4 is 27.5 Å². The quantitative estimate of drug-likeness (QED) is 0.773. The molecule has 23 heavy (non-hydrogen) atoms. The van der Waals surface area contributed by atoms with E-state index >= 15 is 0 Å². The third-order valence-corrected chi connectivity index (χ3v) is 3.49. The van der Waals surface area contributed by atoms with Crippen LogP contribution in [0.5, 0.6) is 11.5 Å². The van der Waals surface area contributed by atoms with Crippen LogP contribution in [0.1, 0.15) is 12.5 Å². The fourth-order valence-electron chi connectivity index (χ4n) is 1.95. The lowest BCUT2D eigenvalue weighted by Crippen LogP contribution is -2.20. The Morgan fingerprint density at radius 2 is 1.91 bits per heavy atom. The van der Waals surface area contributed by atoms with E-state index in [0.717, 1.165) is 10.2 Å². The van der Waals surface area contributed by atoms with E-state index < -0.39 is 0 Å². The number of rotatable bonds is 7. The van der Waals surface area contributed by atoms with Crippen LogP contribution >= 0.6 is 15.9 Å². The molecule has 2 N–H and O–H groups in total. The molecule has 6 heteroatoms. The zero-order valence-corrected chi connectivity index (χ0v) is 14.3. The summed E-state index contributed by atoms with van der Waals surface area (Å²) in [6, 6.07) is 12.4. The lowest BCUT2D eigenvalue weighted by Gasteiger charge is -2.11. The molecule has 0 aliphatic rings. The van der Waals surface area contributed by atoms with Crippen LogP contribution < -0.4 is 14.8 Å². The minimum atomic E-state index is -0.277. The van der Waals surface area contributed by atoms with E-state index in [-0.39, 0.29) is 19.1 Å². The lowest BCUT2D eigenvalue weighted by atomic mass is 10.2. The van der Waals surface area contributed by atoms with E-state index in [1.165, 1.54) is 0 Å². The Labute approximate surface area is 143 Å². The van der Waals surface area contributed by atoms with E-state index in [1.807, 2.05) is 6.92 Å². The summed E-state index contributed by atoms with van der Waals surface area (Å²) in [5.41, 5.74) is 1.29. The van der Waals surface area contributed by atoms with Gasteiger partial charge in [0.25, 0.3) is 5.91 Å². The number of amides is 1. The molecule has 0 radical (unpaired) electrons. The Kier molecular flexibility index (Phi) is 6.43. The van der Waals surface area contributed by atoms with Gasteiger partial charge in [-0.05, 0) is 49.4 Å². The number of aliphatic hydroxyl groups is 1. The van der Waals surface area contributed by atoms with Gasteiger partial charge in [-0.1, -0.05) is 15.9 Å². The lowest BCUT2D eigenvalue weighted by molar-refractivity contribution is -0.118. The molecule has 2 aromatic carbocycles. The van der Waals surface area contributed by atoms with Gasteiger partial charge >= 0.3 is 0 Å². The minimum absolute atomic E-state index is 0.137. The maximum absolute atomic E-state index is 11.9. The minimum Gasteiger partial charge on any atom is -0.494 e. The standard InChI is InChI=1S/C17H18BrNO4/c1-2-22-15-6-4-14(5-7-15)19-17(21)11-23-16-8-3-13(18)9-12(16)10-20/h3-9,20H,2,10-11H2,1H3,(H,19,21). The number of halogens is 1. The Bertz CT molecular complexity index is 658. The van der Waals surface area contributed by atoms with Crippen LogP contribution in [-0.4, -0.2) is 24.2 Å². The van der Waals surface area contributed by atoms with Gasteiger partial charge in [0.2, 0.25) is 0 Å². The molecule has 2 aromatic rings. The summed E-state index contributed by atoms with van der Waals surface area (Å²) in [7, 11) is 0. The summed E-state index contributed by atoms with van der Waals surface area (Å²) in [5, 5.41) is 12.0. The molecule has 0 atom stereocenters. The first-order chi connectivity index (χ1) is 11.1. The third-order valence-electron chi connectivity index (χ3n) is 3.00. The molecular weight excluding hydrogens is 362 g/mol. The van der Waals surface area contributed by atoms with Crippen LogP contribution in [-0.2, 0) is 11.4 Å². The Morgan fingerprint density at radius 3 is 2.57 bits per heavy atom. The molecular formula is C17H18BrNO4. The Morgan fingerprint density at radius 1 is 1.17 bits per heavy atom. The summed E-state index contributed by atoms with van der Waals surface area (Å²) in [6.45, 7) is 2.22. The van der Waals surface area contributed by atoms with Crippen LogP contribution in [0.25, 0.3) is 0 Å². The monoisotopic (exact) mass is 379 g/mol. The van der Waals surface area contributed by atoms with Crippen LogP contribution in [0.2, 0.25) is 0 Å². The zero-order valence-electron chi connectivity index (χ0n) is 12.7. The highest BCUT2D eigenvalue weighted by Gasteiger charge is 2.08.